The number of hydrogen-bond acceptors (Lipinski definition) is 0. The van der Waals surface area contributed by atoms with Gasteiger partial charge >= 0.3 is 0 Å². The first-order valence-electron chi connectivity index (χ1n) is 11.2. The van der Waals surface area contributed by atoms with Gasteiger partial charge < -0.3 is 0 Å². The number of hydrogen-bond donors (Lipinski definition) is 0. The molecule has 5 rings (SSSR count). The quantitative estimate of drug-likeness (QED) is 0.300. The Labute approximate surface area is 190 Å². The van der Waals surface area contributed by atoms with Gasteiger partial charge in [-0.3, -0.25) is 0 Å². The molecule has 32 heavy (non-hydrogen) atoms. The van der Waals surface area contributed by atoms with Crippen molar-refractivity contribution in [2.24, 2.45) is 0 Å². The predicted octanol–water partition coefficient (Wildman–Crippen LogP) is 8.23. The monoisotopic (exact) mass is 410 g/mol. The first-order chi connectivity index (χ1) is 15.8. The first kappa shape index (κ1) is 20.0. The zero-order chi connectivity index (χ0) is 21.6. The van der Waals surface area contributed by atoms with E-state index in [1.54, 1.807) is 0 Å². The third-order valence-electron chi connectivity index (χ3n) is 6.03. The van der Waals surface area contributed by atoms with Gasteiger partial charge in [-0.25, -0.2) is 0 Å². The number of benzene rings is 4. The molecular weight excluding hydrogens is 384 g/mol. The van der Waals surface area contributed by atoms with Crippen molar-refractivity contribution in [2.75, 3.05) is 0 Å². The van der Waals surface area contributed by atoms with Crippen LogP contribution in [0.2, 0.25) is 0 Å². The Kier molecular flexibility index (Phi) is 5.94. The Hall–Kier alpha value is -3.90. The lowest BCUT2D eigenvalue weighted by Crippen LogP contribution is -1.99. The summed E-state index contributed by atoms with van der Waals surface area (Å²) in [6, 6.07) is 39.2. The molecule has 4 aromatic carbocycles. The molecule has 0 saturated carbocycles. The van der Waals surface area contributed by atoms with E-state index in [1.165, 1.54) is 44.5 Å². The number of allylic oxidation sites excluding steroid dienone is 6. The maximum absolute atomic E-state index is 2.27. The molecule has 4 aromatic rings. The van der Waals surface area contributed by atoms with Crippen LogP contribution in [0.3, 0.4) is 0 Å². The van der Waals surface area contributed by atoms with Gasteiger partial charge in [0.2, 0.25) is 0 Å². The summed E-state index contributed by atoms with van der Waals surface area (Å²) in [6.07, 6.45) is 10.6. The van der Waals surface area contributed by atoms with E-state index in [9.17, 15) is 0 Å². The highest BCUT2D eigenvalue weighted by Crippen LogP contribution is 2.26. The molecular formula is C32H26. The fourth-order valence-electron chi connectivity index (χ4n) is 4.26. The molecule has 154 valence electrons. The average molecular weight is 411 g/mol. The van der Waals surface area contributed by atoms with Crippen molar-refractivity contribution in [1.29, 1.82) is 0 Å². The van der Waals surface area contributed by atoms with Crippen LogP contribution in [0.25, 0.3) is 22.3 Å². The Balaban J connectivity index is 1.36. The Bertz CT molecular complexity index is 1150. The Morgan fingerprint density at radius 1 is 0.406 bits per heavy atom. The zero-order valence-electron chi connectivity index (χ0n) is 18.1. The summed E-state index contributed by atoms with van der Waals surface area (Å²) in [5, 5.41) is 0. The van der Waals surface area contributed by atoms with E-state index in [-0.39, 0.29) is 0 Å². The van der Waals surface area contributed by atoms with Gasteiger partial charge in [0.15, 0.2) is 0 Å². The second-order valence-corrected chi connectivity index (χ2v) is 8.26. The summed E-state index contributed by atoms with van der Waals surface area (Å²) in [6.45, 7) is 0. The van der Waals surface area contributed by atoms with Crippen molar-refractivity contribution >= 4 is 0 Å². The van der Waals surface area contributed by atoms with Gasteiger partial charge in [-0.1, -0.05) is 139 Å². The smallest absolute Gasteiger partial charge is 0.00547 e. The fraction of sp³-hybridized carbons (Fsp3) is 0.0625. The third-order valence-corrected chi connectivity index (χ3v) is 6.03. The van der Waals surface area contributed by atoms with Gasteiger partial charge in [0.25, 0.3) is 0 Å². The maximum atomic E-state index is 2.27. The van der Waals surface area contributed by atoms with Gasteiger partial charge in [0.05, 0.1) is 0 Å². The van der Waals surface area contributed by atoms with Crippen LogP contribution in [0.5, 0.6) is 0 Å². The third kappa shape index (κ3) is 4.71. The van der Waals surface area contributed by atoms with Crippen LogP contribution in [-0.2, 0) is 12.8 Å². The summed E-state index contributed by atoms with van der Waals surface area (Å²) in [7, 11) is 0. The van der Waals surface area contributed by atoms with E-state index in [4.69, 9.17) is 0 Å². The molecule has 0 amide bonds. The van der Waals surface area contributed by atoms with Crippen molar-refractivity contribution in [3.63, 3.8) is 0 Å². The largest absolute Gasteiger partial charge is 0.0622 e. The molecule has 0 aliphatic heterocycles. The molecule has 0 N–H and O–H groups in total. The minimum atomic E-state index is 0.958. The Morgan fingerprint density at radius 3 is 1.19 bits per heavy atom. The van der Waals surface area contributed by atoms with Gasteiger partial charge in [-0.05, 0) is 51.8 Å². The molecule has 0 nitrogen and oxygen atoms in total. The topological polar surface area (TPSA) is 0 Å². The normalized spacial score (nSPS) is 12.3. The van der Waals surface area contributed by atoms with Crippen LogP contribution in [0, 0.1) is 0 Å². The highest BCUT2D eigenvalue weighted by molar-refractivity contribution is 5.64. The second-order valence-electron chi connectivity index (χ2n) is 8.26. The lowest BCUT2D eigenvalue weighted by molar-refractivity contribution is 1.02. The standard InChI is InChI=1S/C32H26/c1-3-9-27(10-4-1)30-19-15-25(16-20-30)23-32(29-13-7-8-14-29)24-26-17-21-31(22-18-26)28-11-5-2-6-12-28/h1-22H,23-24H2. The van der Waals surface area contributed by atoms with E-state index in [0.717, 1.165) is 12.8 Å². The maximum Gasteiger partial charge on any atom is -0.00547 e. The summed E-state index contributed by atoms with van der Waals surface area (Å²) in [5.74, 6) is 0. The molecule has 0 aromatic heterocycles. The molecule has 0 heteroatoms. The molecule has 0 saturated heterocycles. The zero-order valence-corrected chi connectivity index (χ0v) is 18.1. The highest BCUT2D eigenvalue weighted by Gasteiger charge is 2.09. The van der Waals surface area contributed by atoms with Crippen molar-refractivity contribution in [2.45, 2.75) is 12.8 Å². The number of rotatable bonds is 6. The van der Waals surface area contributed by atoms with Crippen LogP contribution < -0.4 is 0 Å². The van der Waals surface area contributed by atoms with Crippen LogP contribution in [0.15, 0.2) is 145 Å². The van der Waals surface area contributed by atoms with E-state index in [1.807, 2.05) is 0 Å². The highest BCUT2D eigenvalue weighted by atomic mass is 14.1. The first-order valence-corrected chi connectivity index (χ1v) is 11.2. The predicted molar refractivity (Wildman–Crippen MR) is 136 cm³/mol. The fourth-order valence-corrected chi connectivity index (χ4v) is 4.26. The van der Waals surface area contributed by atoms with Crippen LogP contribution in [0.1, 0.15) is 11.1 Å². The molecule has 1 aliphatic carbocycles. The summed E-state index contributed by atoms with van der Waals surface area (Å²) >= 11 is 0. The molecule has 0 spiro atoms. The van der Waals surface area contributed by atoms with E-state index in [0.29, 0.717) is 0 Å². The van der Waals surface area contributed by atoms with Gasteiger partial charge in [-0.15, -0.1) is 0 Å². The van der Waals surface area contributed by atoms with E-state index in [2.05, 4.69) is 133 Å². The molecule has 0 unspecified atom stereocenters. The molecule has 0 bridgehead atoms. The van der Waals surface area contributed by atoms with Gasteiger partial charge in [0, 0.05) is 0 Å². The van der Waals surface area contributed by atoms with Crippen molar-refractivity contribution in [1.82, 2.24) is 0 Å². The lowest BCUT2D eigenvalue weighted by atomic mass is 9.92. The minimum Gasteiger partial charge on any atom is -0.0622 e. The van der Waals surface area contributed by atoms with Crippen molar-refractivity contribution in [3.8, 4) is 22.3 Å². The SMILES string of the molecule is C1=CC(=C(Cc2ccc(-c3ccccc3)cc2)Cc2ccc(-c3ccccc3)cc2)C=C1. The average Bonchev–Trinajstić information content (AvgIpc) is 3.41. The second kappa shape index (κ2) is 9.49. The lowest BCUT2D eigenvalue weighted by Gasteiger charge is -2.12. The van der Waals surface area contributed by atoms with Gasteiger partial charge in [0.1, 0.15) is 0 Å². The molecule has 0 atom stereocenters. The summed E-state index contributed by atoms with van der Waals surface area (Å²) in [4.78, 5) is 0. The molecule has 0 fully saturated rings. The summed E-state index contributed by atoms with van der Waals surface area (Å²) < 4.78 is 0. The van der Waals surface area contributed by atoms with Crippen molar-refractivity contribution in [3.05, 3.63) is 156 Å². The van der Waals surface area contributed by atoms with Crippen LogP contribution >= 0.6 is 0 Å². The van der Waals surface area contributed by atoms with Gasteiger partial charge in [-0.2, -0.15) is 0 Å². The minimum absolute atomic E-state index is 0.958. The van der Waals surface area contributed by atoms with Crippen molar-refractivity contribution < 1.29 is 0 Å². The Morgan fingerprint density at radius 2 is 0.781 bits per heavy atom. The van der Waals surface area contributed by atoms with Crippen LogP contribution in [-0.4, -0.2) is 0 Å². The van der Waals surface area contributed by atoms with E-state index < -0.39 is 0 Å². The van der Waals surface area contributed by atoms with Crippen LogP contribution in [0.4, 0.5) is 0 Å². The van der Waals surface area contributed by atoms with E-state index >= 15 is 0 Å². The summed E-state index contributed by atoms with van der Waals surface area (Å²) in [5.41, 5.74) is 10.5. The molecule has 0 radical (unpaired) electrons. The molecule has 1 aliphatic rings. The molecule has 0 heterocycles.